The molecule has 1 aliphatic rings. The Morgan fingerprint density at radius 3 is 2.47 bits per heavy atom. The lowest BCUT2D eigenvalue weighted by Crippen LogP contribution is -2.37. The van der Waals surface area contributed by atoms with Crippen LogP contribution in [0.4, 0.5) is 0 Å². The molecule has 0 saturated carbocycles. The number of hydrogen-bond donors (Lipinski definition) is 1. The Balaban J connectivity index is 1.62. The highest BCUT2D eigenvalue weighted by Crippen LogP contribution is 2.38. The number of hydrogen-bond acceptors (Lipinski definition) is 5. The number of rotatable bonds is 5. The average molecular weight is 500 g/mol. The number of carboxylic acid groups (broad SMARTS) is 1. The first-order valence-corrected chi connectivity index (χ1v) is 10.9. The van der Waals surface area contributed by atoms with Gasteiger partial charge in [0.25, 0.3) is 5.91 Å². The van der Waals surface area contributed by atoms with Gasteiger partial charge in [0.2, 0.25) is 0 Å². The van der Waals surface area contributed by atoms with Crippen molar-refractivity contribution in [3.8, 4) is 11.3 Å². The van der Waals surface area contributed by atoms with Crippen molar-refractivity contribution >= 4 is 62.2 Å². The predicted molar refractivity (Wildman–Crippen MR) is 124 cm³/mol. The SMILES string of the molecule is O=C(O)[C@@H](c1ccccc1)N1C(=O)/C(=C/c2ccc(-c3ccc(Br)cc3)o2)SC1=S. The van der Waals surface area contributed by atoms with Crippen LogP contribution in [0.3, 0.4) is 0 Å². The molecular formula is C22H14BrNO4S2. The molecule has 1 aromatic heterocycles. The zero-order valence-corrected chi connectivity index (χ0v) is 18.5. The van der Waals surface area contributed by atoms with Gasteiger partial charge in [-0.3, -0.25) is 9.69 Å². The quantitative estimate of drug-likeness (QED) is 0.356. The third-order valence-electron chi connectivity index (χ3n) is 4.46. The van der Waals surface area contributed by atoms with Gasteiger partial charge in [0.05, 0.1) is 4.91 Å². The summed E-state index contributed by atoms with van der Waals surface area (Å²) in [4.78, 5) is 26.4. The molecule has 0 unspecified atom stereocenters. The van der Waals surface area contributed by atoms with Crippen molar-refractivity contribution in [2.75, 3.05) is 0 Å². The van der Waals surface area contributed by atoms with E-state index in [1.165, 1.54) is 0 Å². The lowest BCUT2D eigenvalue weighted by Gasteiger charge is -2.23. The smallest absolute Gasteiger partial charge is 0.331 e. The molecule has 5 nitrogen and oxygen atoms in total. The lowest BCUT2D eigenvalue weighted by molar-refractivity contribution is -0.145. The number of benzene rings is 2. The fraction of sp³-hybridized carbons (Fsp3) is 0.0455. The minimum Gasteiger partial charge on any atom is -0.479 e. The Bertz CT molecular complexity index is 1160. The van der Waals surface area contributed by atoms with Crippen molar-refractivity contribution in [3.05, 3.63) is 87.4 Å². The summed E-state index contributed by atoms with van der Waals surface area (Å²) in [6, 6.07) is 18.6. The largest absolute Gasteiger partial charge is 0.479 e. The summed E-state index contributed by atoms with van der Waals surface area (Å²) in [5.41, 5.74) is 1.39. The van der Waals surface area contributed by atoms with E-state index in [9.17, 15) is 14.7 Å². The first-order chi connectivity index (χ1) is 14.4. The van der Waals surface area contributed by atoms with Gasteiger partial charge in [0.15, 0.2) is 6.04 Å². The third kappa shape index (κ3) is 4.12. The molecule has 2 heterocycles. The van der Waals surface area contributed by atoms with Crippen molar-refractivity contribution in [2.24, 2.45) is 0 Å². The summed E-state index contributed by atoms with van der Waals surface area (Å²) in [5.74, 6) is -0.450. The second-order valence-corrected chi connectivity index (χ2v) is 9.00. The van der Waals surface area contributed by atoms with E-state index in [1.807, 2.05) is 30.3 Å². The second kappa shape index (κ2) is 8.59. The standard InChI is InChI=1S/C22H14BrNO4S2/c23-15-8-6-13(7-9-15)17-11-10-16(28-17)12-18-20(25)24(22(29)30-18)19(21(26)27)14-4-2-1-3-5-14/h1-12,19H,(H,26,27)/b18-12-/t19-/m1/s1. The van der Waals surface area contributed by atoms with Crippen molar-refractivity contribution < 1.29 is 19.1 Å². The topological polar surface area (TPSA) is 70.8 Å². The molecule has 150 valence electrons. The predicted octanol–water partition coefficient (Wildman–Crippen LogP) is 5.74. The molecule has 0 bridgehead atoms. The van der Waals surface area contributed by atoms with Gasteiger partial charge in [-0.15, -0.1) is 0 Å². The fourth-order valence-corrected chi connectivity index (χ4v) is 4.63. The number of halogens is 1. The molecule has 2 aromatic carbocycles. The van der Waals surface area contributed by atoms with Gasteiger partial charge in [-0.1, -0.05) is 82.4 Å². The van der Waals surface area contributed by atoms with E-state index in [4.69, 9.17) is 16.6 Å². The second-order valence-electron chi connectivity index (χ2n) is 6.41. The van der Waals surface area contributed by atoms with Crippen LogP contribution in [0.2, 0.25) is 0 Å². The molecule has 1 N–H and O–H groups in total. The van der Waals surface area contributed by atoms with Crippen molar-refractivity contribution in [1.29, 1.82) is 0 Å². The maximum absolute atomic E-state index is 13.0. The van der Waals surface area contributed by atoms with Crippen molar-refractivity contribution in [2.45, 2.75) is 6.04 Å². The number of thioether (sulfide) groups is 1. The van der Waals surface area contributed by atoms with Gasteiger partial charge >= 0.3 is 5.97 Å². The van der Waals surface area contributed by atoms with Gasteiger partial charge < -0.3 is 9.52 Å². The molecule has 0 spiro atoms. The Morgan fingerprint density at radius 1 is 1.10 bits per heavy atom. The zero-order valence-electron chi connectivity index (χ0n) is 15.3. The van der Waals surface area contributed by atoms with Crippen LogP contribution in [0, 0.1) is 0 Å². The van der Waals surface area contributed by atoms with E-state index >= 15 is 0 Å². The maximum Gasteiger partial charge on any atom is 0.331 e. The first-order valence-electron chi connectivity index (χ1n) is 8.84. The normalized spacial score (nSPS) is 16.3. The van der Waals surface area contributed by atoms with E-state index in [0.29, 0.717) is 22.0 Å². The highest BCUT2D eigenvalue weighted by atomic mass is 79.9. The van der Waals surface area contributed by atoms with Crippen LogP contribution in [0.5, 0.6) is 0 Å². The molecule has 1 aliphatic heterocycles. The number of aliphatic carboxylic acids is 1. The van der Waals surface area contributed by atoms with Crippen LogP contribution in [0.1, 0.15) is 17.4 Å². The molecule has 1 fully saturated rings. The summed E-state index contributed by atoms with van der Waals surface area (Å²) in [6.45, 7) is 0. The first kappa shape index (κ1) is 20.6. The number of furan rings is 1. The molecule has 0 radical (unpaired) electrons. The summed E-state index contributed by atoms with van der Waals surface area (Å²) in [5, 5.41) is 9.74. The summed E-state index contributed by atoms with van der Waals surface area (Å²) >= 11 is 9.79. The van der Waals surface area contributed by atoms with Gasteiger partial charge in [0, 0.05) is 16.1 Å². The molecule has 1 amide bonds. The molecular weight excluding hydrogens is 486 g/mol. The maximum atomic E-state index is 13.0. The van der Waals surface area contributed by atoms with Crippen LogP contribution in [-0.4, -0.2) is 26.2 Å². The monoisotopic (exact) mass is 499 g/mol. The number of thiocarbonyl (C=S) groups is 1. The number of carboxylic acids is 1. The zero-order chi connectivity index (χ0) is 21.3. The van der Waals surface area contributed by atoms with Crippen LogP contribution in [-0.2, 0) is 9.59 Å². The average Bonchev–Trinajstić information content (AvgIpc) is 3.30. The number of amides is 1. The number of carbonyl (C=O) groups is 2. The molecule has 3 aromatic rings. The Labute approximate surface area is 190 Å². The van der Waals surface area contributed by atoms with E-state index in [-0.39, 0.29) is 4.32 Å². The number of nitrogens with zero attached hydrogens (tertiary/aromatic N) is 1. The van der Waals surface area contributed by atoms with Crippen LogP contribution in [0.15, 0.2) is 80.5 Å². The minimum atomic E-state index is -1.18. The van der Waals surface area contributed by atoms with Crippen LogP contribution < -0.4 is 0 Å². The van der Waals surface area contributed by atoms with Crippen molar-refractivity contribution in [1.82, 2.24) is 4.90 Å². The van der Waals surface area contributed by atoms with Gasteiger partial charge in [-0.25, -0.2) is 4.79 Å². The lowest BCUT2D eigenvalue weighted by atomic mass is 10.1. The minimum absolute atomic E-state index is 0.196. The fourth-order valence-electron chi connectivity index (χ4n) is 3.07. The Kier molecular flexibility index (Phi) is 5.90. The van der Waals surface area contributed by atoms with Gasteiger partial charge in [0.1, 0.15) is 15.8 Å². The third-order valence-corrected chi connectivity index (χ3v) is 6.32. The van der Waals surface area contributed by atoms with Gasteiger partial charge in [-0.05, 0) is 29.8 Å². The molecule has 0 aliphatic carbocycles. The summed E-state index contributed by atoms with van der Waals surface area (Å²) < 4.78 is 7.01. The molecule has 1 saturated heterocycles. The van der Waals surface area contributed by atoms with Crippen LogP contribution >= 0.6 is 39.9 Å². The molecule has 8 heteroatoms. The van der Waals surface area contributed by atoms with E-state index < -0.39 is 17.9 Å². The van der Waals surface area contributed by atoms with Crippen LogP contribution in [0.25, 0.3) is 17.4 Å². The molecule has 1 atom stereocenters. The van der Waals surface area contributed by atoms with Gasteiger partial charge in [-0.2, -0.15) is 0 Å². The molecule has 4 rings (SSSR count). The molecule has 30 heavy (non-hydrogen) atoms. The highest BCUT2D eigenvalue weighted by molar-refractivity contribution is 9.10. The summed E-state index contributed by atoms with van der Waals surface area (Å²) in [6.07, 6.45) is 1.59. The Hall–Kier alpha value is -2.68. The van der Waals surface area contributed by atoms with E-state index in [1.54, 1.807) is 42.5 Å². The number of carbonyl (C=O) groups excluding carboxylic acids is 1. The van der Waals surface area contributed by atoms with Crippen molar-refractivity contribution in [3.63, 3.8) is 0 Å². The van der Waals surface area contributed by atoms with E-state index in [2.05, 4.69) is 15.9 Å². The Morgan fingerprint density at radius 2 is 1.80 bits per heavy atom. The van der Waals surface area contributed by atoms with E-state index in [0.717, 1.165) is 26.7 Å². The summed E-state index contributed by atoms with van der Waals surface area (Å²) in [7, 11) is 0. The highest BCUT2D eigenvalue weighted by Gasteiger charge is 2.41.